The summed E-state index contributed by atoms with van der Waals surface area (Å²) in [7, 11) is 0. The highest BCUT2D eigenvalue weighted by atomic mass is 32.2. The monoisotopic (exact) mass is 235 g/mol. The number of hydrogen-bond acceptors (Lipinski definition) is 4. The standard InChI is InChI=1S/C8H13NO5S/c1-15-3-2-6(10)9-5(8(13)14)4-7(11)12/h5H,2-4H2,1H3,(H,9,10)(H,11,12)(H,13,14). The van der Waals surface area contributed by atoms with Crippen molar-refractivity contribution in [1.29, 1.82) is 0 Å². The summed E-state index contributed by atoms with van der Waals surface area (Å²) in [6.07, 6.45) is 1.39. The van der Waals surface area contributed by atoms with Crippen LogP contribution in [0, 0.1) is 0 Å². The number of rotatable bonds is 7. The quantitative estimate of drug-likeness (QED) is 0.563. The lowest BCUT2D eigenvalue weighted by atomic mass is 10.2. The maximum atomic E-state index is 11.1. The molecular weight excluding hydrogens is 222 g/mol. The van der Waals surface area contributed by atoms with Crippen LogP contribution in [0.1, 0.15) is 12.8 Å². The zero-order valence-corrected chi connectivity index (χ0v) is 9.04. The molecule has 0 saturated heterocycles. The molecule has 0 aromatic carbocycles. The van der Waals surface area contributed by atoms with E-state index in [1.165, 1.54) is 11.8 Å². The molecule has 6 nitrogen and oxygen atoms in total. The second-order valence-electron chi connectivity index (χ2n) is 2.80. The van der Waals surface area contributed by atoms with Gasteiger partial charge in [0, 0.05) is 12.2 Å². The molecule has 0 aromatic heterocycles. The van der Waals surface area contributed by atoms with Gasteiger partial charge in [-0.05, 0) is 6.26 Å². The Kier molecular flexibility index (Phi) is 6.52. The zero-order chi connectivity index (χ0) is 11.8. The first-order chi connectivity index (χ1) is 6.97. The summed E-state index contributed by atoms with van der Waals surface area (Å²) in [4.78, 5) is 32.0. The van der Waals surface area contributed by atoms with Gasteiger partial charge in [0.05, 0.1) is 6.42 Å². The Labute approximate surface area is 91.0 Å². The van der Waals surface area contributed by atoms with Crippen molar-refractivity contribution >= 4 is 29.6 Å². The van der Waals surface area contributed by atoms with Crippen molar-refractivity contribution in [2.24, 2.45) is 0 Å². The lowest BCUT2D eigenvalue weighted by molar-refractivity contribution is -0.147. The average Bonchev–Trinajstić information content (AvgIpc) is 2.12. The average molecular weight is 235 g/mol. The highest BCUT2D eigenvalue weighted by molar-refractivity contribution is 7.98. The Morgan fingerprint density at radius 3 is 2.33 bits per heavy atom. The highest BCUT2D eigenvalue weighted by Crippen LogP contribution is 1.98. The molecule has 0 heterocycles. The van der Waals surface area contributed by atoms with Gasteiger partial charge in [-0.2, -0.15) is 11.8 Å². The minimum Gasteiger partial charge on any atom is -0.481 e. The molecule has 1 atom stereocenters. The molecule has 3 N–H and O–H groups in total. The summed E-state index contributed by atoms with van der Waals surface area (Å²) >= 11 is 1.45. The molecule has 0 bridgehead atoms. The predicted molar refractivity (Wildman–Crippen MR) is 54.8 cm³/mol. The van der Waals surface area contributed by atoms with Crippen molar-refractivity contribution in [3.63, 3.8) is 0 Å². The van der Waals surface area contributed by atoms with Crippen molar-refractivity contribution in [2.75, 3.05) is 12.0 Å². The van der Waals surface area contributed by atoms with Gasteiger partial charge in [0.2, 0.25) is 5.91 Å². The van der Waals surface area contributed by atoms with Gasteiger partial charge in [-0.15, -0.1) is 0 Å². The number of nitrogens with one attached hydrogen (secondary N) is 1. The van der Waals surface area contributed by atoms with Gasteiger partial charge in [-0.25, -0.2) is 4.79 Å². The van der Waals surface area contributed by atoms with Crippen LogP contribution in [0.4, 0.5) is 0 Å². The first-order valence-electron chi connectivity index (χ1n) is 4.20. The molecule has 1 unspecified atom stereocenters. The van der Waals surface area contributed by atoms with Gasteiger partial charge >= 0.3 is 11.9 Å². The Balaban J connectivity index is 4.10. The summed E-state index contributed by atoms with van der Waals surface area (Å²) in [6, 6.07) is -1.35. The number of carboxylic acids is 2. The molecule has 7 heteroatoms. The molecule has 1 amide bonds. The highest BCUT2D eigenvalue weighted by Gasteiger charge is 2.22. The van der Waals surface area contributed by atoms with Crippen LogP contribution in [0.15, 0.2) is 0 Å². The minimum absolute atomic E-state index is 0.185. The summed E-state index contributed by atoms with van der Waals surface area (Å²) < 4.78 is 0. The summed E-state index contributed by atoms with van der Waals surface area (Å²) in [5, 5.41) is 19.2. The Morgan fingerprint density at radius 2 is 1.93 bits per heavy atom. The minimum atomic E-state index is -1.35. The molecule has 0 fully saturated rings. The van der Waals surface area contributed by atoms with E-state index in [0.717, 1.165) is 0 Å². The lowest BCUT2D eigenvalue weighted by Gasteiger charge is -2.11. The van der Waals surface area contributed by atoms with E-state index in [1.807, 2.05) is 6.26 Å². The van der Waals surface area contributed by atoms with E-state index in [9.17, 15) is 14.4 Å². The van der Waals surface area contributed by atoms with Gasteiger partial charge in [0.1, 0.15) is 6.04 Å². The second kappa shape index (κ2) is 7.10. The molecule has 0 aliphatic heterocycles. The van der Waals surface area contributed by atoms with Crippen LogP contribution in [0.3, 0.4) is 0 Å². The Morgan fingerprint density at radius 1 is 1.33 bits per heavy atom. The van der Waals surface area contributed by atoms with E-state index in [0.29, 0.717) is 5.75 Å². The van der Waals surface area contributed by atoms with Crippen LogP contribution in [0.5, 0.6) is 0 Å². The number of hydrogen-bond donors (Lipinski definition) is 3. The Bertz CT molecular complexity index is 255. The normalized spacial score (nSPS) is 11.8. The third-order valence-corrected chi connectivity index (χ3v) is 2.16. The van der Waals surface area contributed by atoms with Crippen LogP contribution >= 0.6 is 11.8 Å². The molecule has 0 radical (unpaired) electrons. The van der Waals surface area contributed by atoms with Crippen molar-refractivity contribution < 1.29 is 24.6 Å². The third-order valence-electron chi connectivity index (χ3n) is 1.55. The van der Waals surface area contributed by atoms with E-state index >= 15 is 0 Å². The molecule has 0 spiro atoms. The topological polar surface area (TPSA) is 104 Å². The molecule has 0 aliphatic rings. The number of carbonyl (C=O) groups is 3. The van der Waals surface area contributed by atoms with Crippen LogP contribution in [-0.4, -0.2) is 46.1 Å². The molecule has 86 valence electrons. The smallest absolute Gasteiger partial charge is 0.326 e. The number of carboxylic acid groups (broad SMARTS) is 2. The van der Waals surface area contributed by atoms with Gasteiger partial charge in [0.25, 0.3) is 0 Å². The zero-order valence-electron chi connectivity index (χ0n) is 8.23. The first-order valence-corrected chi connectivity index (χ1v) is 5.59. The summed E-state index contributed by atoms with van der Waals surface area (Å²) in [5.74, 6) is -2.47. The van der Waals surface area contributed by atoms with Crippen LogP contribution in [-0.2, 0) is 14.4 Å². The number of carbonyl (C=O) groups excluding carboxylic acids is 1. The molecular formula is C8H13NO5S. The van der Waals surface area contributed by atoms with Gasteiger partial charge in [-0.3, -0.25) is 9.59 Å². The molecule has 0 aromatic rings. The van der Waals surface area contributed by atoms with Crippen molar-refractivity contribution in [3.8, 4) is 0 Å². The maximum absolute atomic E-state index is 11.1. The first kappa shape index (κ1) is 13.8. The van der Waals surface area contributed by atoms with Gasteiger partial charge in [0.15, 0.2) is 0 Å². The number of thioether (sulfide) groups is 1. The second-order valence-corrected chi connectivity index (χ2v) is 3.78. The van der Waals surface area contributed by atoms with Crippen molar-refractivity contribution in [1.82, 2.24) is 5.32 Å². The van der Waals surface area contributed by atoms with Crippen molar-refractivity contribution in [2.45, 2.75) is 18.9 Å². The van der Waals surface area contributed by atoms with Gasteiger partial charge in [-0.1, -0.05) is 0 Å². The number of amides is 1. The Hall–Kier alpha value is -1.24. The lowest BCUT2D eigenvalue weighted by Crippen LogP contribution is -2.42. The maximum Gasteiger partial charge on any atom is 0.326 e. The third kappa shape index (κ3) is 6.78. The molecule has 0 rings (SSSR count). The fourth-order valence-corrected chi connectivity index (χ4v) is 1.23. The fourth-order valence-electron chi connectivity index (χ4n) is 0.836. The van der Waals surface area contributed by atoms with E-state index in [2.05, 4.69) is 5.32 Å². The van der Waals surface area contributed by atoms with Gasteiger partial charge < -0.3 is 15.5 Å². The molecule has 0 aliphatic carbocycles. The van der Waals surface area contributed by atoms with E-state index in [-0.39, 0.29) is 6.42 Å². The molecule has 0 saturated carbocycles. The van der Waals surface area contributed by atoms with E-state index in [1.54, 1.807) is 0 Å². The van der Waals surface area contributed by atoms with Crippen LogP contribution in [0.2, 0.25) is 0 Å². The van der Waals surface area contributed by atoms with E-state index in [4.69, 9.17) is 10.2 Å². The van der Waals surface area contributed by atoms with E-state index < -0.39 is 30.3 Å². The number of aliphatic carboxylic acids is 2. The van der Waals surface area contributed by atoms with Crippen LogP contribution < -0.4 is 5.32 Å². The predicted octanol–water partition coefficient (Wildman–Crippen LogP) is -0.216. The fraction of sp³-hybridized carbons (Fsp3) is 0.625. The summed E-state index contributed by atoms with van der Waals surface area (Å²) in [5.41, 5.74) is 0. The largest absolute Gasteiger partial charge is 0.481 e. The van der Waals surface area contributed by atoms with Crippen LogP contribution in [0.25, 0.3) is 0 Å². The molecule has 15 heavy (non-hydrogen) atoms. The SMILES string of the molecule is CSCCC(=O)NC(CC(=O)O)C(=O)O. The summed E-state index contributed by atoms with van der Waals surface area (Å²) in [6.45, 7) is 0. The van der Waals surface area contributed by atoms with Crippen molar-refractivity contribution in [3.05, 3.63) is 0 Å².